The van der Waals surface area contributed by atoms with E-state index in [2.05, 4.69) is 46.4 Å². The number of hydrogen-bond donors (Lipinski definition) is 0. The molecule has 356 valence electrons. The van der Waals surface area contributed by atoms with Crippen molar-refractivity contribution in [3.63, 3.8) is 0 Å². The monoisotopic (exact) mass is 850 g/mol. The number of carbonyl (C=O) groups excluding carboxylic acids is 3. The molecule has 0 radical (unpaired) electrons. The second-order valence-electron chi connectivity index (χ2n) is 18.3. The van der Waals surface area contributed by atoms with Crippen molar-refractivity contribution in [1.82, 2.24) is 4.90 Å². The van der Waals surface area contributed by atoms with Gasteiger partial charge in [-0.05, 0) is 82.7 Å². The van der Waals surface area contributed by atoms with Crippen LogP contribution in [0, 0.1) is 17.8 Å². The molecular formula is C53H103NO6. The fourth-order valence-corrected chi connectivity index (χ4v) is 8.64. The molecule has 7 heteroatoms. The first-order valence-corrected chi connectivity index (χ1v) is 26.5. The van der Waals surface area contributed by atoms with Crippen molar-refractivity contribution in [3.05, 3.63) is 0 Å². The Morgan fingerprint density at radius 1 is 0.367 bits per heavy atom. The number of ether oxygens (including phenoxy) is 3. The van der Waals surface area contributed by atoms with Crippen LogP contribution in [0.15, 0.2) is 0 Å². The van der Waals surface area contributed by atoms with E-state index in [1.807, 2.05) is 0 Å². The van der Waals surface area contributed by atoms with Crippen LogP contribution in [-0.4, -0.2) is 62.3 Å². The Balaban J connectivity index is 4.37. The Morgan fingerprint density at radius 2 is 0.683 bits per heavy atom. The molecule has 1 unspecified atom stereocenters. The molecule has 1 atom stereocenters. The Labute approximate surface area is 373 Å². The molecule has 0 saturated carbocycles. The summed E-state index contributed by atoms with van der Waals surface area (Å²) in [6, 6.07) is 0. The number of nitrogens with zero attached hydrogens (tertiary/aromatic N) is 1. The fourth-order valence-electron chi connectivity index (χ4n) is 8.64. The van der Waals surface area contributed by atoms with E-state index in [1.165, 1.54) is 109 Å². The molecule has 0 fully saturated rings. The van der Waals surface area contributed by atoms with Crippen LogP contribution in [0.1, 0.15) is 266 Å². The molecule has 0 aromatic heterocycles. The fraction of sp³-hybridized carbons (Fsp3) is 0.943. The lowest BCUT2D eigenvalue weighted by Crippen LogP contribution is -2.26. The van der Waals surface area contributed by atoms with Gasteiger partial charge in [0.2, 0.25) is 0 Å². The summed E-state index contributed by atoms with van der Waals surface area (Å²) in [5.74, 6) is 1.01. The maximum Gasteiger partial charge on any atom is 0.308 e. The van der Waals surface area contributed by atoms with Gasteiger partial charge < -0.3 is 19.1 Å². The number of esters is 3. The normalized spacial score (nSPS) is 12.2. The van der Waals surface area contributed by atoms with Gasteiger partial charge in [-0.25, -0.2) is 0 Å². The van der Waals surface area contributed by atoms with Crippen LogP contribution in [-0.2, 0) is 28.6 Å². The number of rotatable bonds is 47. The van der Waals surface area contributed by atoms with Gasteiger partial charge in [0.25, 0.3) is 0 Å². The molecule has 0 aromatic rings. The SMILES string of the molecule is CCCCCC(CCCCC)CC(=O)OCCCCCCCCCCC(CCCCCCCCOC(=O)CC(CCCCC)CCCCC)C(=O)OCCCN(CC)CC. The predicted octanol–water partition coefficient (Wildman–Crippen LogP) is 15.5. The van der Waals surface area contributed by atoms with Crippen molar-refractivity contribution in [1.29, 1.82) is 0 Å². The van der Waals surface area contributed by atoms with E-state index in [0.717, 1.165) is 122 Å². The molecule has 0 aliphatic heterocycles. The van der Waals surface area contributed by atoms with Gasteiger partial charge in [-0.2, -0.15) is 0 Å². The van der Waals surface area contributed by atoms with E-state index >= 15 is 0 Å². The summed E-state index contributed by atoms with van der Waals surface area (Å²) in [6.07, 6.45) is 39.2. The summed E-state index contributed by atoms with van der Waals surface area (Å²) in [4.78, 5) is 40.7. The quantitative estimate of drug-likeness (QED) is 0.0343. The van der Waals surface area contributed by atoms with Gasteiger partial charge in [0.15, 0.2) is 0 Å². The van der Waals surface area contributed by atoms with Gasteiger partial charge in [0, 0.05) is 19.4 Å². The highest BCUT2D eigenvalue weighted by molar-refractivity contribution is 5.72. The average molecular weight is 850 g/mol. The van der Waals surface area contributed by atoms with Gasteiger partial charge in [-0.1, -0.05) is 196 Å². The van der Waals surface area contributed by atoms with Crippen LogP contribution in [0.2, 0.25) is 0 Å². The zero-order valence-electron chi connectivity index (χ0n) is 41.1. The van der Waals surface area contributed by atoms with Gasteiger partial charge in [0.1, 0.15) is 0 Å². The highest BCUT2D eigenvalue weighted by Gasteiger charge is 2.20. The van der Waals surface area contributed by atoms with Crippen molar-refractivity contribution >= 4 is 17.9 Å². The van der Waals surface area contributed by atoms with E-state index in [1.54, 1.807) is 0 Å². The maximum absolute atomic E-state index is 13.2. The molecule has 0 aliphatic rings. The van der Waals surface area contributed by atoms with Crippen LogP contribution < -0.4 is 0 Å². The van der Waals surface area contributed by atoms with Crippen molar-refractivity contribution < 1.29 is 28.6 Å². The second-order valence-corrected chi connectivity index (χ2v) is 18.3. The van der Waals surface area contributed by atoms with Crippen molar-refractivity contribution in [2.24, 2.45) is 17.8 Å². The zero-order chi connectivity index (χ0) is 44.2. The molecule has 0 N–H and O–H groups in total. The third-order valence-electron chi connectivity index (χ3n) is 12.8. The lowest BCUT2D eigenvalue weighted by Gasteiger charge is -2.19. The highest BCUT2D eigenvalue weighted by Crippen LogP contribution is 2.24. The standard InChI is InChI=1S/C53H103NO6/c1-7-13-27-36-48(37-28-14-8-2)46-51(55)58-43-33-25-21-18-17-19-23-31-40-50(53(57)60-45-35-42-54(11-5)12-6)41-32-24-20-22-26-34-44-59-52(56)47-49(38-29-15-9-3)39-30-16-10-4/h48-50H,7-47H2,1-6H3. The summed E-state index contributed by atoms with van der Waals surface area (Å²) < 4.78 is 17.1. The molecule has 0 heterocycles. The van der Waals surface area contributed by atoms with E-state index in [-0.39, 0.29) is 23.8 Å². The molecule has 0 rings (SSSR count). The third-order valence-corrected chi connectivity index (χ3v) is 12.8. The summed E-state index contributed by atoms with van der Waals surface area (Å²) in [5, 5.41) is 0. The highest BCUT2D eigenvalue weighted by atomic mass is 16.5. The van der Waals surface area contributed by atoms with Crippen LogP contribution in [0.3, 0.4) is 0 Å². The topological polar surface area (TPSA) is 82.1 Å². The largest absolute Gasteiger partial charge is 0.466 e. The van der Waals surface area contributed by atoms with E-state index in [9.17, 15) is 14.4 Å². The van der Waals surface area contributed by atoms with E-state index in [0.29, 0.717) is 44.5 Å². The Bertz CT molecular complexity index is 918. The second kappa shape index (κ2) is 45.4. The molecule has 0 aliphatic carbocycles. The van der Waals surface area contributed by atoms with Gasteiger partial charge in [-0.3, -0.25) is 14.4 Å². The van der Waals surface area contributed by atoms with Crippen molar-refractivity contribution in [3.8, 4) is 0 Å². The number of carbonyl (C=O) groups is 3. The summed E-state index contributed by atoms with van der Waals surface area (Å²) in [7, 11) is 0. The Kier molecular flexibility index (Phi) is 44.2. The molecule has 0 bridgehead atoms. The summed E-state index contributed by atoms with van der Waals surface area (Å²) in [6.45, 7) is 18.0. The molecular weight excluding hydrogens is 747 g/mol. The van der Waals surface area contributed by atoms with Gasteiger partial charge >= 0.3 is 17.9 Å². The van der Waals surface area contributed by atoms with Gasteiger partial charge in [0.05, 0.1) is 25.7 Å². The van der Waals surface area contributed by atoms with E-state index < -0.39 is 0 Å². The molecule has 0 amide bonds. The first-order chi connectivity index (χ1) is 29.3. The molecule has 0 aromatic carbocycles. The Hall–Kier alpha value is -1.63. The minimum atomic E-state index is -0.000364. The molecule has 0 saturated heterocycles. The van der Waals surface area contributed by atoms with Crippen LogP contribution in [0.25, 0.3) is 0 Å². The van der Waals surface area contributed by atoms with Crippen molar-refractivity contribution in [2.45, 2.75) is 266 Å². The smallest absolute Gasteiger partial charge is 0.308 e. The number of hydrogen-bond acceptors (Lipinski definition) is 7. The van der Waals surface area contributed by atoms with Crippen LogP contribution >= 0.6 is 0 Å². The first kappa shape index (κ1) is 58.4. The predicted molar refractivity (Wildman–Crippen MR) is 255 cm³/mol. The summed E-state index contributed by atoms with van der Waals surface area (Å²) >= 11 is 0. The lowest BCUT2D eigenvalue weighted by atomic mass is 9.92. The van der Waals surface area contributed by atoms with E-state index in [4.69, 9.17) is 14.2 Å². The van der Waals surface area contributed by atoms with Crippen LogP contribution in [0.5, 0.6) is 0 Å². The minimum absolute atomic E-state index is 0.000364. The van der Waals surface area contributed by atoms with Crippen molar-refractivity contribution in [2.75, 3.05) is 39.5 Å². The third kappa shape index (κ3) is 38.1. The first-order valence-electron chi connectivity index (χ1n) is 26.5. The average Bonchev–Trinajstić information content (AvgIpc) is 3.24. The minimum Gasteiger partial charge on any atom is -0.466 e. The maximum atomic E-state index is 13.2. The molecule has 0 spiro atoms. The van der Waals surface area contributed by atoms with Crippen LogP contribution in [0.4, 0.5) is 0 Å². The van der Waals surface area contributed by atoms with Gasteiger partial charge in [-0.15, -0.1) is 0 Å². The zero-order valence-corrected chi connectivity index (χ0v) is 41.1. The summed E-state index contributed by atoms with van der Waals surface area (Å²) in [5.41, 5.74) is 0. The lowest BCUT2D eigenvalue weighted by molar-refractivity contribution is -0.149. The molecule has 60 heavy (non-hydrogen) atoms. The molecule has 7 nitrogen and oxygen atoms in total. The Morgan fingerprint density at radius 3 is 1.03 bits per heavy atom. The number of unbranched alkanes of at least 4 members (excludes halogenated alkanes) is 20.